The normalized spacial score (nSPS) is 18.9. The molecule has 2 aliphatic rings. The van der Waals surface area contributed by atoms with E-state index in [1.54, 1.807) is 0 Å². The van der Waals surface area contributed by atoms with Crippen molar-refractivity contribution in [2.24, 2.45) is 0 Å². The van der Waals surface area contributed by atoms with Gasteiger partial charge < -0.3 is 20.9 Å². The highest BCUT2D eigenvalue weighted by Gasteiger charge is 2.18. The van der Waals surface area contributed by atoms with Crippen LogP contribution in [0, 0.1) is 11.3 Å². The molecule has 3 N–H and O–H groups in total. The van der Waals surface area contributed by atoms with Gasteiger partial charge in [0.25, 0.3) is 5.91 Å². The lowest BCUT2D eigenvalue weighted by atomic mass is 10.3. The van der Waals surface area contributed by atoms with Gasteiger partial charge in [0.15, 0.2) is 0 Å². The van der Waals surface area contributed by atoms with Crippen molar-refractivity contribution in [3.05, 3.63) is 11.8 Å². The van der Waals surface area contributed by atoms with Crippen molar-refractivity contribution in [1.82, 2.24) is 25.8 Å². The first-order chi connectivity index (χ1) is 12.2. The minimum atomic E-state index is -0.347. The summed E-state index contributed by atoms with van der Waals surface area (Å²) in [6.07, 6.45) is 3.86. The lowest BCUT2D eigenvalue weighted by Crippen LogP contribution is -2.46. The van der Waals surface area contributed by atoms with E-state index in [0.29, 0.717) is 19.5 Å². The van der Waals surface area contributed by atoms with Crippen LogP contribution in [0.5, 0.6) is 0 Å². The number of piperazine rings is 1. The van der Waals surface area contributed by atoms with Gasteiger partial charge in [0.05, 0.1) is 0 Å². The molecule has 0 aromatic rings. The Labute approximate surface area is 149 Å². The first kappa shape index (κ1) is 19.2. The molecule has 2 saturated heterocycles. The van der Waals surface area contributed by atoms with Gasteiger partial charge in [-0.25, -0.2) is 0 Å². The molecule has 8 heteroatoms. The van der Waals surface area contributed by atoms with Crippen molar-refractivity contribution >= 4 is 11.8 Å². The second-order valence-corrected chi connectivity index (χ2v) is 6.31. The van der Waals surface area contributed by atoms with Crippen LogP contribution in [0.2, 0.25) is 0 Å². The fourth-order valence-corrected chi connectivity index (χ4v) is 2.99. The SMILES string of the molecule is N#C/C(=C/NCCCN1CCCC1=O)C(=O)NCCN1CCNCC1. The van der Waals surface area contributed by atoms with Gasteiger partial charge in [-0.15, -0.1) is 0 Å². The number of hydrogen-bond acceptors (Lipinski definition) is 6. The molecule has 138 valence electrons. The smallest absolute Gasteiger partial charge is 0.263 e. The number of nitrogens with zero attached hydrogens (tertiary/aromatic N) is 3. The summed E-state index contributed by atoms with van der Waals surface area (Å²) in [5.41, 5.74) is 0.0811. The molecular formula is C17H28N6O2. The van der Waals surface area contributed by atoms with Crippen LogP contribution in [-0.4, -0.2) is 80.5 Å². The van der Waals surface area contributed by atoms with Gasteiger partial charge in [-0.3, -0.25) is 14.5 Å². The van der Waals surface area contributed by atoms with Crippen LogP contribution in [0.4, 0.5) is 0 Å². The lowest BCUT2D eigenvalue weighted by molar-refractivity contribution is -0.127. The Balaban J connectivity index is 1.60. The minimum Gasteiger partial charge on any atom is -0.390 e. The first-order valence-corrected chi connectivity index (χ1v) is 9.03. The standard InChI is InChI=1S/C17H28N6O2/c18-13-15(14-20-4-2-9-23-8-1-3-16(23)24)17(25)21-7-12-22-10-5-19-6-11-22/h14,19-20H,1-12H2,(H,21,25)/b15-14-. The summed E-state index contributed by atoms with van der Waals surface area (Å²) in [4.78, 5) is 27.6. The number of carbonyl (C=O) groups is 2. The molecule has 0 saturated carbocycles. The fourth-order valence-electron chi connectivity index (χ4n) is 2.99. The summed E-state index contributed by atoms with van der Waals surface area (Å²) in [7, 11) is 0. The molecule has 0 aromatic carbocycles. The van der Waals surface area contributed by atoms with Gasteiger partial charge >= 0.3 is 0 Å². The molecule has 2 fully saturated rings. The maximum absolute atomic E-state index is 12.0. The number of likely N-dealkylation sites (tertiary alicyclic amines) is 1. The third-order valence-electron chi connectivity index (χ3n) is 4.46. The molecule has 0 spiro atoms. The van der Waals surface area contributed by atoms with E-state index in [9.17, 15) is 9.59 Å². The Hall–Kier alpha value is -2.11. The van der Waals surface area contributed by atoms with Crippen LogP contribution >= 0.6 is 0 Å². The maximum atomic E-state index is 12.0. The molecule has 0 bridgehead atoms. The number of nitriles is 1. The van der Waals surface area contributed by atoms with Crippen molar-refractivity contribution in [2.45, 2.75) is 19.3 Å². The number of nitrogens with one attached hydrogen (secondary N) is 3. The summed E-state index contributed by atoms with van der Waals surface area (Å²) in [5, 5.41) is 18.2. The summed E-state index contributed by atoms with van der Waals surface area (Å²) < 4.78 is 0. The van der Waals surface area contributed by atoms with Gasteiger partial charge in [0.1, 0.15) is 11.6 Å². The highest BCUT2D eigenvalue weighted by Crippen LogP contribution is 2.09. The average molecular weight is 348 g/mol. The van der Waals surface area contributed by atoms with Gasteiger partial charge in [-0.2, -0.15) is 5.26 Å². The highest BCUT2D eigenvalue weighted by atomic mass is 16.2. The Morgan fingerprint density at radius 3 is 2.72 bits per heavy atom. The average Bonchev–Trinajstić information content (AvgIpc) is 3.04. The molecule has 0 atom stereocenters. The predicted molar refractivity (Wildman–Crippen MR) is 94.4 cm³/mol. The van der Waals surface area contributed by atoms with Crippen LogP contribution < -0.4 is 16.0 Å². The van der Waals surface area contributed by atoms with E-state index < -0.39 is 0 Å². The predicted octanol–water partition coefficient (Wildman–Crippen LogP) is -0.983. The summed E-state index contributed by atoms with van der Waals surface area (Å²) in [6, 6.07) is 1.93. The van der Waals surface area contributed by atoms with Crippen LogP contribution in [0.15, 0.2) is 11.8 Å². The van der Waals surface area contributed by atoms with Gasteiger partial charge in [-0.1, -0.05) is 0 Å². The van der Waals surface area contributed by atoms with Gasteiger partial charge in [0.2, 0.25) is 5.91 Å². The lowest BCUT2D eigenvalue weighted by Gasteiger charge is -2.27. The fraction of sp³-hybridized carbons (Fsp3) is 0.706. The van der Waals surface area contributed by atoms with Crippen molar-refractivity contribution in [2.75, 3.05) is 58.9 Å². The maximum Gasteiger partial charge on any atom is 0.263 e. The Kier molecular flexibility index (Phi) is 8.22. The third-order valence-corrected chi connectivity index (χ3v) is 4.46. The quantitative estimate of drug-likeness (QED) is 0.281. The van der Waals surface area contributed by atoms with Gasteiger partial charge in [-0.05, 0) is 12.8 Å². The topological polar surface area (TPSA) is 100 Å². The molecule has 2 rings (SSSR count). The van der Waals surface area contributed by atoms with Crippen molar-refractivity contribution in [3.8, 4) is 6.07 Å². The summed E-state index contributed by atoms with van der Waals surface area (Å²) in [5.74, 6) is -0.128. The molecule has 0 aliphatic carbocycles. The first-order valence-electron chi connectivity index (χ1n) is 9.03. The molecule has 0 unspecified atom stereocenters. The van der Waals surface area contributed by atoms with Crippen molar-refractivity contribution in [3.63, 3.8) is 0 Å². The molecule has 0 radical (unpaired) electrons. The zero-order valence-electron chi connectivity index (χ0n) is 14.7. The van der Waals surface area contributed by atoms with Gasteiger partial charge in [0, 0.05) is 71.5 Å². The molecule has 2 amide bonds. The second kappa shape index (κ2) is 10.7. The Morgan fingerprint density at radius 2 is 2.04 bits per heavy atom. The molecule has 0 aromatic heterocycles. The van der Waals surface area contributed by atoms with E-state index in [-0.39, 0.29) is 17.4 Å². The molecular weight excluding hydrogens is 320 g/mol. The van der Waals surface area contributed by atoms with E-state index in [1.165, 1.54) is 6.20 Å². The zero-order chi connectivity index (χ0) is 17.9. The molecule has 25 heavy (non-hydrogen) atoms. The number of amides is 2. The van der Waals surface area contributed by atoms with Crippen LogP contribution in [0.25, 0.3) is 0 Å². The van der Waals surface area contributed by atoms with E-state index in [2.05, 4.69) is 20.9 Å². The van der Waals surface area contributed by atoms with E-state index in [1.807, 2.05) is 11.0 Å². The number of rotatable bonds is 9. The van der Waals surface area contributed by atoms with Crippen molar-refractivity contribution in [1.29, 1.82) is 5.26 Å². The van der Waals surface area contributed by atoms with E-state index >= 15 is 0 Å². The van der Waals surface area contributed by atoms with E-state index in [0.717, 1.165) is 58.7 Å². The Morgan fingerprint density at radius 1 is 1.24 bits per heavy atom. The zero-order valence-corrected chi connectivity index (χ0v) is 14.7. The molecule has 2 heterocycles. The monoisotopic (exact) mass is 348 g/mol. The molecule has 8 nitrogen and oxygen atoms in total. The van der Waals surface area contributed by atoms with Crippen LogP contribution in [0.3, 0.4) is 0 Å². The van der Waals surface area contributed by atoms with E-state index in [4.69, 9.17) is 5.26 Å². The van der Waals surface area contributed by atoms with Crippen LogP contribution in [0.1, 0.15) is 19.3 Å². The van der Waals surface area contributed by atoms with Crippen molar-refractivity contribution < 1.29 is 9.59 Å². The second-order valence-electron chi connectivity index (χ2n) is 6.31. The number of carbonyl (C=O) groups excluding carboxylic acids is 2. The summed E-state index contributed by atoms with van der Waals surface area (Å²) in [6.45, 7) is 7.44. The summed E-state index contributed by atoms with van der Waals surface area (Å²) >= 11 is 0. The van der Waals surface area contributed by atoms with Crippen LogP contribution in [-0.2, 0) is 9.59 Å². The minimum absolute atomic E-state index is 0.0811. The number of hydrogen-bond donors (Lipinski definition) is 3. The Bertz CT molecular complexity index is 522. The highest BCUT2D eigenvalue weighted by molar-refractivity contribution is 5.97. The molecule has 2 aliphatic heterocycles. The third kappa shape index (κ3) is 6.72. The largest absolute Gasteiger partial charge is 0.390 e.